The van der Waals surface area contributed by atoms with Crippen molar-refractivity contribution >= 4 is 15.9 Å². The minimum atomic E-state index is 0.943. The van der Waals surface area contributed by atoms with Crippen LogP contribution in [0.5, 0.6) is 0 Å². The summed E-state index contributed by atoms with van der Waals surface area (Å²) in [6.07, 6.45) is 3.71. The van der Waals surface area contributed by atoms with E-state index in [4.69, 9.17) is 0 Å². The fraction of sp³-hybridized carbons (Fsp3) is 0.625. The lowest BCUT2D eigenvalue weighted by Crippen LogP contribution is -1.98. The highest BCUT2D eigenvalue weighted by Crippen LogP contribution is 2.19. The summed E-state index contributed by atoms with van der Waals surface area (Å²) in [5.74, 6) is 1.06. The van der Waals surface area contributed by atoms with E-state index in [2.05, 4.69) is 39.9 Å². The van der Waals surface area contributed by atoms with Crippen molar-refractivity contribution in [2.24, 2.45) is 7.05 Å². The van der Waals surface area contributed by atoms with Gasteiger partial charge in [0.1, 0.15) is 5.82 Å². The molecule has 0 saturated heterocycles. The van der Waals surface area contributed by atoms with E-state index < -0.39 is 0 Å². The molecule has 0 radical (unpaired) electrons. The largest absolute Gasteiger partial charge is 0.338 e. The van der Waals surface area contributed by atoms with Gasteiger partial charge in [0.15, 0.2) is 0 Å². The Hall–Kier alpha value is -1.10. The maximum atomic E-state index is 4.30. The summed E-state index contributed by atoms with van der Waals surface area (Å²) in [6, 6.07) is 0. The Morgan fingerprint density at radius 1 is 1.10 bits per heavy atom. The molecule has 0 atom stereocenters. The number of hydrogen-bond acceptors (Lipinski definition) is 2. The van der Waals surface area contributed by atoms with Crippen LogP contribution in [0.25, 0.3) is 0 Å². The molecule has 0 saturated carbocycles. The van der Waals surface area contributed by atoms with Gasteiger partial charge in [-0.25, -0.2) is 4.98 Å². The van der Waals surface area contributed by atoms with Crippen molar-refractivity contribution in [3.63, 3.8) is 0 Å². The molecule has 0 N–H and O–H groups in total. The molecule has 0 amide bonds. The molecule has 2 aromatic rings. The zero-order chi connectivity index (χ0) is 17.0. The third-order valence-electron chi connectivity index (χ3n) is 2.65. The van der Waals surface area contributed by atoms with E-state index in [1.54, 1.807) is 6.20 Å². The van der Waals surface area contributed by atoms with Gasteiger partial charge in [0.2, 0.25) is 0 Å². The van der Waals surface area contributed by atoms with E-state index in [9.17, 15) is 0 Å². The van der Waals surface area contributed by atoms with Crippen molar-refractivity contribution in [1.29, 1.82) is 0 Å². The highest BCUT2D eigenvalue weighted by Gasteiger charge is 2.05. The molecule has 0 aromatic carbocycles. The predicted molar refractivity (Wildman–Crippen MR) is 95.7 cm³/mol. The molecule has 0 fully saturated rings. The average Bonchev–Trinajstić information content (AvgIpc) is 3.01. The summed E-state index contributed by atoms with van der Waals surface area (Å²) in [6.45, 7) is 17.1. The first-order valence-corrected chi connectivity index (χ1v) is 8.40. The SMILES string of the molecule is CC.CC.CCn1nc(C)c(Br)c1C.Cc1nccn1C. The van der Waals surface area contributed by atoms with Crippen molar-refractivity contribution in [3.05, 3.63) is 34.1 Å². The first kappa shape index (κ1) is 22.2. The molecular weight excluding hydrogens is 328 g/mol. The van der Waals surface area contributed by atoms with E-state index in [1.807, 2.05) is 64.0 Å². The van der Waals surface area contributed by atoms with E-state index in [1.165, 1.54) is 5.69 Å². The van der Waals surface area contributed by atoms with E-state index in [0.29, 0.717) is 0 Å². The van der Waals surface area contributed by atoms with Crippen LogP contribution in [0, 0.1) is 20.8 Å². The molecule has 0 spiro atoms. The van der Waals surface area contributed by atoms with Crippen molar-refractivity contribution < 1.29 is 0 Å². The summed E-state index contributed by atoms with van der Waals surface area (Å²) in [5, 5.41) is 4.30. The van der Waals surface area contributed by atoms with Crippen LogP contribution in [0.3, 0.4) is 0 Å². The Morgan fingerprint density at radius 3 is 1.76 bits per heavy atom. The van der Waals surface area contributed by atoms with Gasteiger partial charge in [-0.2, -0.15) is 5.10 Å². The van der Waals surface area contributed by atoms with Crippen LogP contribution in [0.1, 0.15) is 51.8 Å². The van der Waals surface area contributed by atoms with E-state index in [0.717, 1.165) is 22.5 Å². The smallest absolute Gasteiger partial charge is 0.105 e. The fourth-order valence-corrected chi connectivity index (χ4v) is 1.71. The summed E-state index contributed by atoms with van der Waals surface area (Å²) in [4.78, 5) is 3.98. The molecular formula is C16H31BrN4. The summed E-state index contributed by atoms with van der Waals surface area (Å²) >= 11 is 3.46. The van der Waals surface area contributed by atoms with Gasteiger partial charge in [0.25, 0.3) is 0 Å². The molecule has 2 rings (SSSR count). The molecule has 21 heavy (non-hydrogen) atoms. The number of aromatic nitrogens is 4. The van der Waals surface area contributed by atoms with Gasteiger partial charge >= 0.3 is 0 Å². The second kappa shape index (κ2) is 12.6. The van der Waals surface area contributed by atoms with Gasteiger partial charge in [0, 0.05) is 31.7 Å². The third-order valence-corrected chi connectivity index (χ3v) is 3.80. The van der Waals surface area contributed by atoms with Gasteiger partial charge < -0.3 is 4.57 Å². The Balaban J connectivity index is 0. The standard InChI is InChI=1S/C7H11BrN2.C5H8N2.2C2H6/c1-4-10-6(3)7(8)5(2)9-10;1-5-6-3-4-7(5)2;2*1-2/h4H2,1-3H3;3-4H,1-2H3;2*1-2H3. The predicted octanol–water partition coefficient (Wildman–Crippen LogP) is 5.06. The molecule has 0 aliphatic heterocycles. The molecule has 2 heterocycles. The number of nitrogens with zero attached hydrogens (tertiary/aromatic N) is 4. The van der Waals surface area contributed by atoms with Crippen LogP contribution in [0.2, 0.25) is 0 Å². The molecule has 0 unspecified atom stereocenters. The lowest BCUT2D eigenvalue weighted by atomic mass is 10.4. The van der Waals surface area contributed by atoms with Crippen LogP contribution in [-0.2, 0) is 13.6 Å². The van der Waals surface area contributed by atoms with E-state index >= 15 is 0 Å². The van der Waals surface area contributed by atoms with Crippen LogP contribution in [0.15, 0.2) is 16.9 Å². The number of imidazole rings is 1. The van der Waals surface area contributed by atoms with Crippen LogP contribution in [0.4, 0.5) is 0 Å². The second-order valence-electron chi connectivity index (χ2n) is 3.89. The lowest BCUT2D eigenvalue weighted by molar-refractivity contribution is 0.634. The molecule has 0 aliphatic carbocycles. The maximum absolute atomic E-state index is 4.30. The topological polar surface area (TPSA) is 35.6 Å². The normalized spacial score (nSPS) is 8.67. The Labute approximate surface area is 138 Å². The fourth-order valence-electron chi connectivity index (χ4n) is 1.42. The summed E-state index contributed by atoms with van der Waals surface area (Å²) < 4.78 is 5.09. The first-order chi connectivity index (χ1) is 9.97. The quantitative estimate of drug-likeness (QED) is 0.713. The van der Waals surface area contributed by atoms with Crippen molar-refractivity contribution in [3.8, 4) is 0 Å². The Bertz CT molecular complexity index is 470. The van der Waals surface area contributed by atoms with Crippen LogP contribution >= 0.6 is 15.9 Å². The Kier molecular flexibility index (Phi) is 13.3. The van der Waals surface area contributed by atoms with Gasteiger partial charge in [-0.3, -0.25) is 4.68 Å². The number of rotatable bonds is 1. The minimum absolute atomic E-state index is 0.943. The van der Waals surface area contributed by atoms with Crippen LogP contribution in [-0.4, -0.2) is 19.3 Å². The van der Waals surface area contributed by atoms with Crippen molar-refractivity contribution in [2.75, 3.05) is 0 Å². The molecule has 0 bridgehead atoms. The number of aryl methyl sites for hydroxylation is 4. The Morgan fingerprint density at radius 2 is 1.62 bits per heavy atom. The molecule has 0 aliphatic rings. The first-order valence-electron chi connectivity index (χ1n) is 7.60. The van der Waals surface area contributed by atoms with Gasteiger partial charge in [0.05, 0.1) is 10.2 Å². The summed E-state index contributed by atoms with van der Waals surface area (Å²) in [7, 11) is 1.97. The number of hydrogen-bond donors (Lipinski definition) is 0. The molecule has 5 heteroatoms. The summed E-state index contributed by atoms with van der Waals surface area (Å²) in [5.41, 5.74) is 2.28. The highest BCUT2D eigenvalue weighted by molar-refractivity contribution is 9.10. The molecule has 122 valence electrons. The number of halogens is 1. The molecule has 2 aromatic heterocycles. The monoisotopic (exact) mass is 358 g/mol. The maximum Gasteiger partial charge on any atom is 0.105 e. The minimum Gasteiger partial charge on any atom is -0.338 e. The van der Waals surface area contributed by atoms with Gasteiger partial charge in [-0.1, -0.05) is 27.7 Å². The third kappa shape index (κ3) is 7.46. The van der Waals surface area contributed by atoms with Gasteiger partial charge in [-0.05, 0) is 43.6 Å². The second-order valence-corrected chi connectivity index (χ2v) is 4.68. The van der Waals surface area contributed by atoms with Crippen molar-refractivity contribution in [2.45, 2.75) is 61.9 Å². The van der Waals surface area contributed by atoms with E-state index in [-0.39, 0.29) is 0 Å². The molecule has 4 nitrogen and oxygen atoms in total. The van der Waals surface area contributed by atoms with Gasteiger partial charge in [-0.15, -0.1) is 0 Å². The average molecular weight is 359 g/mol. The van der Waals surface area contributed by atoms with Crippen LogP contribution < -0.4 is 0 Å². The van der Waals surface area contributed by atoms with Crippen molar-refractivity contribution in [1.82, 2.24) is 19.3 Å². The zero-order valence-electron chi connectivity index (χ0n) is 15.0. The lowest BCUT2D eigenvalue weighted by Gasteiger charge is -1.96. The zero-order valence-corrected chi connectivity index (χ0v) is 16.6. The highest BCUT2D eigenvalue weighted by atomic mass is 79.9.